The maximum absolute atomic E-state index is 11.0. The highest BCUT2D eigenvalue weighted by Crippen LogP contribution is 2.32. The van der Waals surface area contributed by atoms with Crippen LogP contribution in [0.4, 0.5) is 5.69 Å². The molecular weight excluding hydrogens is 294 g/mol. The third-order valence-electron chi connectivity index (χ3n) is 2.73. The number of rotatable bonds is 4. The SMILES string of the molecule is Cc1cc(CCl)cnc1Oc1ccc(C#N)cc1[N+](=O)[O-]. The number of nitro benzene ring substituents is 1. The zero-order valence-corrected chi connectivity index (χ0v) is 11.8. The number of hydrogen-bond acceptors (Lipinski definition) is 5. The fourth-order valence-corrected chi connectivity index (χ4v) is 1.87. The van der Waals surface area contributed by atoms with Gasteiger partial charge in [0.2, 0.25) is 11.6 Å². The molecule has 1 aromatic heterocycles. The van der Waals surface area contributed by atoms with Gasteiger partial charge in [-0.15, -0.1) is 11.6 Å². The van der Waals surface area contributed by atoms with Crippen LogP contribution in [0.25, 0.3) is 0 Å². The lowest BCUT2D eigenvalue weighted by Gasteiger charge is -2.08. The quantitative estimate of drug-likeness (QED) is 0.488. The first-order valence-electron chi connectivity index (χ1n) is 5.93. The molecule has 2 rings (SSSR count). The number of halogens is 1. The van der Waals surface area contributed by atoms with Crippen LogP contribution in [-0.4, -0.2) is 9.91 Å². The molecule has 0 saturated carbocycles. The Labute approximate surface area is 125 Å². The van der Waals surface area contributed by atoms with E-state index in [9.17, 15) is 10.1 Å². The van der Waals surface area contributed by atoms with E-state index in [0.29, 0.717) is 11.4 Å². The van der Waals surface area contributed by atoms with Gasteiger partial charge in [0.05, 0.1) is 16.6 Å². The minimum absolute atomic E-state index is 0.0354. The van der Waals surface area contributed by atoms with E-state index >= 15 is 0 Å². The lowest BCUT2D eigenvalue weighted by Crippen LogP contribution is -1.97. The summed E-state index contributed by atoms with van der Waals surface area (Å²) in [5, 5.41) is 19.8. The number of pyridine rings is 1. The van der Waals surface area contributed by atoms with E-state index in [0.717, 1.165) is 11.6 Å². The van der Waals surface area contributed by atoms with Gasteiger partial charge in [-0.05, 0) is 30.7 Å². The van der Waals surface area contributed by atoms with Crippen molar-refractivity contribution in [1.29, 1.82) is 5.26 Å². The molecule has 106 valence electrons. The lowest BCUT2D eigenvalue weighted by atomic mass is 10.2. The number of aryl methyl sites for hydroxylation is 1. The van der Waals surface area contributed by atoms with Crippen LogP contribution >= 0.6 is 11.6 Å². The van der Waals surface area contributed by atoms with Gasteiger partial charge < -0.3 is 4.74 Å². The van der Waals surface area contributed by atoms with Gasteiger partial charge in [0.15, 0.2) is 0 Å². The standard InChI is InChI=1S/C14H10ClN3O3/c1-9-4-11(6-15)8-17-14(9)21-13-3-2-10(7-16)5-12(13)18(19)20/h2-5,8H,6H2,1H3. The first kappa shape index (κ1) is 14.8. The molecule has 0 spiro atoms. The molecule has 0 saturated heterocycles. The molecule has 0 unspecified atom stereocenters. The molecule has 0 bridgehead atoms. The maximum atomic E-state index is 11.0. The van der Waals surface area contributed by atoms with Gasteiger partial charge in [-0.25, -0.2) is 4.98 Å². The number of benzene rings is 1. The Morgan fingerprint density at radius 3 is 2.81 bits per heavy atom. The highest BCUT2D eigenvalue weighted by Gasteiger charge is 2.18. The van der Waals surface area contributed by atoms with E-state index in [1.54, 1.807) is 19.2 Å². The van der Waals surface area contributed by atoms with Crippen molar-refractivity contribution in [3.05, 3.63) is 57.3 Å². The van der Waals surface area contributed by atoms with E-state index in [1.807, 2.05) is 6.07 Å². The molecular formula is C14H10ClN3O3. The third kappa shape index (κ3) is 3.27. The number of ether oxygens (including phenoxy) is 1. The summed E-state index contributed by atoms with van der Waals surface area (Å²) < 4.78 is 5.50. The number of nitrogens with zero attached hydrogens (tertiary/aromatic N) is 3. The molecule has 0 N–H and O–H groups in total. The Bertz CT molecular complexity index is 741. The van der Waals surface area contributed by atoms with E-state index in [4.69, 9.17) is 21.6 Å². The second kappa shape index (κ2) is 6.20. The van der Waals surface area contributed by atoms with Crippen molar-refractivity contribution in [3.8, 4) is 17.7 Å². The Hall–Kier alpha value is -2.65. The minimum atomic E-state index is -0.599. The second-order valence-electron chi connectivity index (χ2n) is 4.25. The fraction of sp³-hybridized carbons (Fsp3) is 0.143. The zero-order valence-electron chi connectivity index (χ0n) is 11.0. The number of nitro groups is 1. The summed E-state index contributed by atoms with van der Waals surface area (Å²) in [6, 6.07) is 7.64. The lowest BCUT2D eigenvalue weighted by molar-refractivity contribution is -0.385. The summed E-state index contributed by atoms with van der Waals surface area (Å²) >= 11 is 5.71. The van der Waals surface area contributed by atoms with E-state index in [-0.39, 0.29) is 22.9 Å². The predicted molar refractivity (Wildman–Crippen MR) is 76.4 cm³/mol. The molecule has 6 nitrogen and oxygen atoms in total. The molecule has 1 aromatic carbocycles. The Balaban J connectivity index is 2.40. The van der Waals surface area contributed by atoms with Crippen molar-refractivity contribution in [2.75, 3.05) is 0 Å². The molecule has 2 aromatic rings. The Morgan fingerprint density at radius 2 is 2.24 bits per heavy atom. The number of aromatic nitrogens is 1. The van der Waals surface area contributed by atoms with Gasteiger partial charge in [0, 0.05) is 23.7 Å². The first-order valence-corrected chi connectivity index (χ1v) is 6.46. The summed E-state index contributed by atoms with van der Waals surface area (Å²) in [6.07, 6.45) is 1.55. The monoisotopic (exact) mass is 303 g/mol. The van der Waals surface area contributed by atoms with E-state index < -0.39 is 4.92 Å². The second-order valence-corrected chi connectivity index (χ2v) is 4.52. The first-order chi connectivity index (χ1) is 10.0. The molecule has 0 aliphatic heterocycles. The van der Waals surface area contributed by atoms with Crippen LogP contribution in [0.1, 0.15) is 16.7 Å². The summed E-state index contributed by atoms with van der Waals surface area (Å²) in [5.74, 6) is 0.621. The molecule has 0 radical (unpaired) electrons. The van der Waals surface area contributed by atoms with Crippen LogP contribution in [0.15, 0.2) is 30.5 Å². The highest BCUT2D eigenvalue weighted by molar-refractivity contribution is 6.17. The van der Waals surface area contributed by atoms with Gasteiger partial charge in [-0.1, -0.05) is 0 Å². The van der Waals surface area contributed by atoms with Gasteiger partial charge in [0.1, 0.15) is 0 Å². The molecule has 0 atom stereocenters. The van der Waals surface area contributed by atoms with Gasteiger partial charge in [-0.2, -0.15) is 5.26 Å². The topological polar surface area (TPSA) is 89.0 Å². The molecule has 21 heavy (non-hydrogen) atoms. The largest absolute Gasteiger partial charge is 0.432 e. The third-order valence-corrected chi connectivity index (χ3v) is 3.04. The van der Waals surface area contributed by atoms with Crippen molar-refractivity contribution in [1.82, 2.24) is 4.98 Å². The predicted octanol–water partition coefficient (Wildman–Crippen LogP) is 3.70. The van der Waals surface area contributed by atoms with Crippen molar-refractivity contribution in [3.63, 3.8) is 0 Å². The van der Waals surface area contributed by atoms with Crippen molar-refractivity contribution < 1.29 is 9.66 Å². The molecule has 0 amide bonds. The average molecular weight is 304 g/mol. The van der Waals surface area contributed by atoms with Gasteiger partial charge in [0.25, 0.3) is 0 Å². The molecule has 0 aliphatic rings. The fourth-order valence-electron chi connectivity index (χ4n) is 1.72. The number of alkyl halides is 1. The highest BCUT2D eigenvalue weighted by atomic mass is 35.5. The van der Waals surface area contributed by atoms with Crippen LogP contribution in [0.3, 0.4) is 0 Å². The van der Waals surface area contributed by atoms with Crippen LogP contribution in [0.2, 0.25) is 0 Å². The summed E-state index contributed by atoms with van der Waals surface area (Å²) in [6.45, 7) is 1.77. The Morgan fingerprint density at radius 1 is 1.48 bits per heavy atom. The number of hydrogen-bond donors (Lipinski definition) is 0. The van der Waals surface area contributed by atoms with Gasteiger partial charge >= 0.3 is 5.69 Å². The normalized spacial score (nSPS) is 9.95. The van der Waals surface area contributed by atoms with Crippen LogP contribution in [-0.2, 0) is 5.88 Å². The van der Waals surface area contributed by atoms with E-state index in [1.165, 1.54) is 12.1 Å². The zero-order chi connectivity index (χ0) is 15.4. The van der Waals surface area contributed by atoms with Crippen LogP contribution < -0.4 is 4.74 Å². The van der Waals surface area contributed by atoms with E-state index in [2.05, 4.69) is 4.98 Å². The summed E-state index contributed by atoms with van der Waals surface area (Å²) in [4.78, 5) is 14.5. The summed E-state index contributed by atoms with van der Waals surface area (Å²) in [5.41, 5.74) is 1.45. The molecule has 0 fully saturated rings. The van der Waals surface area contributed by atoms with Crippen molar-refractivity contribution >= 4 is 17.3 Å². The number of nitriles is 1. The minimum Gasteiger partial charge on any atom is -0.432 e. The van der Waals surface area contributed by atoms with Gasteiger partial charge in [-0.3, -0.25) is 10.1 Å². The average Bonchev–Trinajstić information content (AvgIpc) is 2.49. The van der Waals surface area contributed by atoms with Crippen LogP contribution in [0.5, 0.6) is 11.6 Å². The molecule has 1 heterocycles. The molecule has 0 aliphatic carbocycles. The summed E-state index contributed by atoms with van der Waals surface area (Å²) in [7, 11) is 0. The maximum Gasteiger partial charge on any atom is 0.312 e. The van der Waals surface area contributed by atoms with Crippen molar-refractivity contribution in [2.24, 2.45) is 0 Å². The van der Waals surface area contributed by atoms with Crippen molar-refractivity contribution in [2.45, 2.75) is 12.8 Å². The molecule has 7 heteroatoms. The smallest absolute Gasteiger partial charge is 0.312 e. The van der Waals surface area contributed by atoms with Crippen LogP contribution in [0, 0.1) is 28.4 Å². The Kier molecular flexibility index (Phi) is 4.36.